The van der Waals surface area contributed by atoms with E-state index in [1.165, 1.54) is 0 Å². The molecule has 0 bridgehead atoms. The molecular formula is C27H25N5O2. The summed E-state index contributed by atoms with van der Waals surface area (Å²) < 4.78 is 7.75. The van der Waals surface area contributed by atoms with Crippen LogP contribution in [0.15, 0.2) is 90.1 Å². The number of carbonyl (C=O) groups is 1. The Morgan fingerprint density at radius 3 is 2.59 bits per heavy atom. The van der Waals surface area contributed by atoms with E-state index in [4.69, 9.17) is 20.6 Å². The van der Waals surface area contributed by atoms with Gasteiger partial charge in [-0.15, -0.1) is 5.10 Å². The monoisotopic (exact) mass is 451 g/mol. The standard InChI is InChI=1S/C27H25N5O2/c1-17-8-6-12-21(14-17)26-30-27-29-18(2)23(25(28)33)24(32(27)31-26)20-11-7-13-22(15-20)34-16-19-9-4-3-5-10-19/h3-15,24H,16H2,1-2H3,(H2,28,33)(H,29,30,31). The fraction of sp³-hybridized carbons (Fsp3) is 0.148. The van der Waals surface area contributed by atoms with E-state index in [9.17, 15) is 4.79 Å². The Labute approximate surface area is 197 Å². The number of amides is 1. The molecule has 34 heavy (non-hydrogen) atoms. The minimum absolute atomic E-state index is 0.438. The maximum Gasteiger partial charge on any atom is 0.248 e. The Kier molecular flexibility index (Phi) is 5.59. The summed E-state index contributed by atoms with van der Waals surface area (Å²) in [6, 6.07) is 25.1. The number of aryl methyl sites for hydroxylation is 1. The first-order valence-electron chi connectivity index (χ1n) is 11.1. The summed E-state index contributed by atoms with van der Waals surface area (Å²) in [5.74, 6) is 1.32. The second kappa shape index (κ2) is 8.86. The van der Waals surface area contributed by atoms with Crippen molar-refractivity contribution in [3.8, 4) is 17.1 Å². The zero-order valence-corrected chi connectivity index (χ0v) is 19.0. The van der Waals surface area contributed by atoms with Crippen LogP contribution in [0.5, 0.6) is 5.75 Å². The summed E-state index contributed by atoms with van der Waals surface area (Å²) in [4.78, 5) is 17.2. The van der Waals surface area contributed by atoms with Gasteiger partial charge in [-0.3, -0.25) is 4.79 Å². The van der Waals surface area contributed by atoms with Crippen molar-refractivity contribution in [1.82, 2.24) is 14.8 Å². The summed E-state index contributed by atoms with van der Waals surface area (Å²) in [5.41, 5.74) is 10.8. The second-order valence-electron chi connectivity index (χ2n) is 8.35. The van der Waals surface area contributed by atoms with Crippen LogP contribution in [-0.2, 0) is 11.4 Å². The molecule has 3 N–H and O–H groups in total. The number of fused-ring (bicyclic) bond motifs is 1. The summed E-state index contributed by atoms with van der Waals surface area (Å²) in [5, 5.41) is 7.96. The number of nitrogens with two attached hydrogens (primary N) is 1. The zero-order valence-electron chi connectivity index (χ0n) is 19.0. The molecule has 0 saturated carbocycles. The van der Waals surface area contributed by atoms with E-state index in [1.807, 2.05) is 92.7 Å². The number of allylic oxidation sites excluding steroid dienone is 1. The van der Waals surface area contributed by atoms with E-state index in [2.05, 4.69) is 5.32 Å². The van der Waals surface area contributed by atoms with Crippen LogP contribution in [0.1, 0.15) is 29.7 Å². The van der Waals surface area contributed by atoms with Crippen LogP contribution in [-0.4, -0.2) is 20.7 Å². The lowest BCUT2D eigenvalue weighted by Crippen LogP contribution is -2.31. The quantitative estimate of drug-likeness (QED) is 0.447. The summed E-state index contributed by atoms with van der Waals surface area (Å²) >= 11 is 0. The van der Waals surface area contributed by atoms with Crippen LogP contribution in [0.3, 0.4) is 0 Å². The van der Waals surface area contributed by atoms with Crippen molar-refractivity contribution in [2.75, 3.05) is 5.32 Å². The van der Waals surface area contributed by atoms with Crippen molar-refractivity contribution in [2.45, 2.75) is 26.5 Å². The third-order valence-corrected chi connectivity index (χ3v) is 5.82. The SMILES string of the molecule is CC1=C(C(N)=O)C(c2cccc(OCc3ccccc3)c2)n2nc(-c3cccc(C)c3)nc2N1. The molecule has 0 saturated heterocycles. The lowest BCUT2D eigenvalue weighted by Gasteiger charge is -2.27. The predicted octanol–water partition coefficient (Wildman–Crippen LogP) is 4.61. The zero-order chi connectivity index (χ0) is 23.7. The van der Waals surface area contributed by atoms with Crippen molar-refractivity contribution in [3.05, 3.63) is 107 Å². The minimum Gasteiger partial charge on any atom is -0.489 e. The van der Waals surface area contributed by atoms with Gasteiger partial charge in [0, 0.05) is 11.3 Å². The Hall–Kier alpha value is -4.39. The highest BCUT2D eigenvalue weighted by Gasteiger charge is 2.33. The van der Waals surface area contributed by atoms with Gasteiger partial charge in [0.1, 0.15) is 18.4 Å². The molecule has 1 amide bonds. The number of hydrogen-bond acceptors (Lipinski definition) is 5. The fourth-order valence-electron chi connectivity index (χ4n) is 4.20. The summed E-state index contributed by atoms with van der Waals surface area (Å²) in [6.45, 7) is 4.30. The van der Waals surface area contributed by atoms with Crippen LogP contribution in [0.25, 0.3) is 11.4 Å². The van der Waals surface area contributed by atoms with E-state index in [0.29, 0.717) is 35.4 Å². The molecule has 1 aromatic heterocycles. The molecule has 4 aromatic rings. The van der Waals surface area contributed by atoms with Crippen molar-refractivity contribution < 1.29 is 9.53 Å². The number of carbonyl (C=O) groups excluding carboxylic acids is 1. The van der Waals surface area contributed by atoms with Gasteiger partial charge in [-0.25, -0.2) is 4.68 Å². The van der Waals surface area contributed by atoms with Gasteiger partial charge >= 0.3 is 0 Å². The minimum atomic E-state index is -0.528. The molecular weight excluding hydrogens is 426 g/mol. The number of hydrogen-bond donors (Lipinski definition) is 2. The molecule has 0 radical (unpaired) electrons. The Balaban J connectivity index is 1.54. The molecule has 0 aliphatic carbocycles. The Morgan fingerprint density at radius 2 is 1.82 bits per heavy atom. The topological polar surface area (TPSA) is 95.1 Å². The molecule has 0 fully saturated rings. The molecule has 5 rings (SSSR count). The van der Waals surface area contributed by atoms with Gasteiger partial charge in [0.25, 0.3) is 0 Å². The molecule has 1 unspecified atom stereocenters. The summed E-state index contributed by atoms with van der Waals surface area (Å²) in [7, 11) is 0. The Bertz CT molecular complexity index is 1390. The Morgan fingerprint density at radius 1 is 1.03 bits per heavy atom. The van der Waals surface area contributed by atoms with Gasteiger partial charge < -0.3 is 15.8 Å². The van der Waals surface area contributed by atoms with E-state index < -0.39 is 11.9 Å². The molecule has 2 heterocycles. The highest BCUT2D eigenvalue weighted by molar-refractivity contribution is 5.95. The number of benzene rings is 3. The maximum atomic E-state index is 12.5. The first kappa shape index (κ1) is 21.5. The van der Waals surface area contributed by atoms with Crippen LogP contribution in [0.2, 0.25) is 0 Å². The molecule has 1 aliphatic heterocycles. The average Bonchev–Trinajstić information content (AvgIpc) is 3.26. The van der Waals surface area contributed by atoms with E-state index in [-0.39, 0.29) is 0 Å². The van der Waals surface area contributed by atoms with Crippen LogP contribution in [0, 0.1) is 6.92 Å². The number of anilines is 1. The highest BCUT2D eigenvalue weighted by atomic mass is 16.5. The van der Waals surface area contributed by atoms with Crippen molar-refractivity contribution in [1.29, 1.82) is 0 Å². The molecule has 3 aromatic carbocycles. The highest BCUT2D eigenvalue weighted by Crippen LogP contribution is 2.37. The largest absolute Gasteiger partial charge is 0.489 e. The fourth-order valence-corrected chi connectivity index (χ4v) is 4.20. The lowest BCUT2D eigenvalue weighted by molar-refractivity contribution is -0.115. The predicted molar refractivity (Wildman–Crippen MR) is 131 cm³/mol. The second-order valence-corrected chi connectivity index (χ2v) is 8.35. The molecule has 7 nitrogen and oxygen atoms in total. The number of primary amides is 1. The molecule has 0 spiro atoms. The van der Waals surface area contributed by atoms with Crippen molar-refractivity contribution >= 4 is 11.9 Å². The van der Waals surface area contributed by atoms with Crippen LogP contribution in [0.4, 0.5) is 5.95 Å². The van der Waals surface area contributed by atoms with Crippen molar-refractivity contribution in [3.63, 3.8) is 0 Å². The smallest absolute Gasteiger partial charge is 0.248 e. The van der Waals surface area contributed by atoms with E-state index in [1.54, 1.807) is 4.68 Å². The van der Waals surface area contributed by atoms with E-state index >= 15 is 0 Å². The van der Waals surface area contributed by atoms with Gasteiger partial charge in [0.2, 0.25) is 11.9 Å². The van der Waals surface area contributed by atoms with Gasteiger partial charge in [-0.2, -0.15) is 4.98 Å². The average molecular weight is 452 g/mol. The maximum absolute atomic E-state index is 12.5. The van der Waals surface area contributed by atoms with Gasteiger partial charge in [0.05, 0.1) is 5.57 Å². The van der Waals surface area contributed by atoms with E-state index in [0.717, 1.165) is 22.3 Å². The molecule has 1 atom stereocenters. The van der Waals surface area contributed by atoms with Crippen molar-refractivity contribution in [2.24, 2.45) is 5.73 Å². The third-order valence-electron chi connectivity index (χ3n) is 5.82. The normalized spacial score (nSPS) is 14.9. The van der Waals surface area contributed by atoms with Gasteiger partial charge in [-0.1, -0.05) is 66.2 Å². The number of rotatable bonds is 6. The first-order valence-corrected chi connectivity index (χ1v) is 11.1. The molecule has 1 aliphatic rings. The lowest BCUT2D eigenvalue weighted by atomic mass is 9.95. The van der Waals surface area contributed by atoms with Crippen LogP contribution < -0.4 is 15.8 Å². The molecule has 7 heteroatoms. The number of nitrogens with one attached hydrogen (secondary N) is 1. The van der Waals surface area contributed by atoms with Gasteiger partial charge in [-0.05, 0) is 43.2 Å². The number of nitrogens with zero attached hydrogens (tertiary/aromatic N) is 3. The van der Waals surface area contributed by atoms with Gasteiger partial charge in [0.15, 0.2) is 5.82 Å². The number of ether oxygens (including phenoxy) is 1. The third kappa shape index (κ3) is 4.15. The molecule has 170 valence electrons. The number of aromatic nitrogens is 3. The summed E-state index contributed by atoms with van der Waals surface area (Å²) in [6.07, 6.45) is 0. The van der Waals surface area contributed by atoms with Crippen LogP contribution >= 0.6 is 0 Å². The first-order chi connectivity index (χ1) is 16.5.